The molecule has 0 aliphatic carbocycles. The number of hydrogen-bond donors (Lipinski definition) is 0. The summed E-state index contributed by atoms with van der Waals surface area (Å²) in [5.74, 6) is 0.930. The van der Waals surface area contributed by atoms with E-state index in [0.717, 1.165) is 5.56 Å². The molecule has 2 fully saturated rings. The number of fused-ring (bicyclic) bond motifs is 1. The van der Waals surface area contributed by atoms with Crippen molar-refractivity contribution in [2.24, 2.45) is 0 Å². The highest BCUT2D eigenvalue weighted by Gasteiger charge is 2.34. The number of pyridine rings is 1. The van der Waals surface area contributed by atoms with Gasteiger partial charge in [0, 0.05) is 19.3 Å². The van der Waals surface area contributed by atoms with Crippen LogP contribution >= 0.6 is 24.0 Å². The van der Waals surface area contributed by atoms with E-state index in [4.69, 9.17) is 26.4 Å². The number of nitrogens with zero attached hydrogens (tertiary/aromatic N) is 4. The topological polar surface area (TPSA) is 80.3 Å². The van der Waals surface area contributed by atoms with Gasteiger partial charge in [-0.25, -0.2) is 4.98 Å². The third-order valence-corrected chi connectivity index (χ3v) is 7.13. The van der Waals surface area contributed by atoms with E-state index in [1.54, 1.807) is 30.7 Å². The van der Waals surface area contributed by atoms with Crippen molar-refractivity contribution in [1.29, 1.82) is 0 Å². The Morgan fingerprint density at radius 1 is 1.21 bits per heavy atom. The normalized spacial score (nSPS) is 22.4. The van der Waals surface area contributed by atoms with E-state index in [9.17, 15) is 9.59 Å². The summed E-state index contributed by atoms with van der Waals surface area (Å²) in [5, 5.41) is 0. The van der Waals surface area contributed by atoms with Crippen molar-refractivity contribution in [3.63, 3.8) is 0 Å². The Bertz CT molecular complexity index is 1360. The molecule has 0 unspecified atom stereocenters. The minimum Gasteiger partial charge on any atom is -0.467 e. The number of amides is 1. The average molecular weight is 497 g/mol. The maximum Gasteiger partial charge on any atom is 0.267 e. The van der Waals surface area contributed by atoms with Crippen molar-refractivity contribution in [2.45, 2.75) is 39.5 Å². The number of ether oxygens (including phenoxy) is 1. The smallest absolute Gasteiger partial charge is 0.267 e. The van der Waals surface area contributed by atoms with E-state index < -0.39 is 0 Å². The van der Waals surface area contributed by atoms with Gasteiger partial charge >= 0.3 is 0 Å². The van der Waals surface area contributed by atoms with Gasteiger partial charge in [-0.05, 0) is 50.6 Å². The largest absolute Gasteiger partial charge is 0.467 e. The molecule has 0 saturated carbocycles. The van der Waals surface area contributed by atoms with Crippen LogP contribution in [0.5, 0.6) is 0 Å². The van der Waals surface area contributed by atoms with Crippen LogP contribution in [0.3, 0.4) is 0 Å². The summed E-state index contributed by atoms with van der Waals surface area (Å²) in [6.45, 7) is 7.36. The molecular formula is C24H24N4O4S2. The number of thiocarbonyl (C=S) groups is 1. The number of morpholine rings is 1. The monoisotopic (exact) mass is 496 g/mol. The minimum atomic E-state index is -0.255. The molecule has 34 heavy (non-hydrogen) atoms. The molecule has 0 bridgehead atoms. The Morgan fingerprint density at radius 3 is 2.68 bits per heavy atom. The SMILES string of the molecule is Cc1ccc2nc(N3C[C@H](C)O[C@@H](C)C3)c(/C=C3\SC(=S)N(Cc4ccco4)C3=O)c(=O)n2c1. The highest BCUT2D eigenvalue weighted by molar-refractivity contribution is 8.26. The van der Waals surface area contributed by atoms with Crippen LogP contribution in [0.2, 0.25) is 0 Å². The highest BCUT2D eigenvalue weighted by atomic mass is 32.2. The molecule has 2 saturated heterocycles. The first-order valence-electron chi connectivity index (χ1n) is 11.0. The molecule has 0 radical (unpaired) electrons. The maximum atomic E-state index is 13.7. The lowest BCUT2D eigenvalue weighted by Gasteiger charge is -2.36. The summed E-state index contributed by atoms with van der Waals surface area (Å²) in [5.41, 5.74) is 1.63. The number of carbonyl (C=O) groups is 1. The molecule has 0 aromatic carbocycles. The molecule has 2 aliphatic rings. The van der Waals surface area contributed by atoms with Crippen molar-refractivity contribution < 1.29 is 13.9 Å². The minimum absolute atomic E-state index is 0.0126. The lowest BCUT2D eigenvalue weighted by atomic mass is 10.1. The number of anilines is 1. The van der Waals surface area contributed by atoms with Crippen molar-refractivity contribution in [2.75, 3.05) is 18.0 Å². The third kappa shape index (κ3) is 4.28. The second-order valence-corrected chi connectivity index (χ2v) is 10.3. The summed E-state index contributed by atoms with van der Waals surface area (Å²) in [4.78, 5) is 35.7. The molecule has 176 valence electrons. The Labute approximate surface area is 206 Å². The predicted octanol–water partition coefficient (Wildman–Crippen LogP) is 3.61. The van der Waals surface area contributed by atoms with Gasteiger partial charge in [-0.1, -0.05) is 30.0 Å². The van der Waals surface area contributed by atoms with Gasteiger partial charge in [-0.3, -0.25) is 18.9 Å². The van der Waals surface area contributed by atoms with Gasteiger partial charge in [0.05, 0.1) is 35.5 Å². The quantitative estimate of drug-likeness (QED) is 0.400. The van der Waals surface area contributed by atoms with Crippen LogP contribution in [0, 0.1) is 6.92 Å². The molecule has 2 aliphatic heterocycles. The van der Waals surface area contributed by atoms with Crippen LogP contribution in [0.1, 0.15) is 30.7 Å². The molecule has 0 spiro atoms. The first-order chi connectivity index (χ1) is 16.3. The number of carbonyl (C=O) groups excluding carboxylic acids is 1. The summed E-state index contributed by atoms with van der Waals surface area (Å²) in [6.07, 6.45) is 4.93. The van der Waals surface area contributed by atoms with Crippen molar-refractivity contribution >= 4 is 51.7 Å². The van der Waals surface area contributed by atoms with Gasteiger partial charge in [0.15, 0.2) is 0 Å². The Balaban J connectivity index is 1.61. The maximum absolute atomic E-state index is 13.7. The van der Waals surface area contributed by atoms with Gasteiger partial charge in [-0.15, -0.1) is 0 Å². The lowest BCUT2D eigenvalue weighted by molar-refractivity contribution is -0.122. The van der Waals surface area contributed by atoms with Crippen LogP contribution in [0.4, 0.5) is 5.82 Å². The zero-order valence-corrected chi connectivity index (χ0v) is 20.7. The zero-order chi connectivity index (χ0) is 24.0. The van der Waals surface area contributed by atoms with Crippen LogP contribution in [-0.2, 0) is 16.1 Å². The van der Waals surface area contributed by atoms with Gasteiger partial charge in [0.25, 0.3) is 11.5 Å². The van der Waals surface area contributed by atoms with E-state index in [-0.39, 0.29) is 30.2 Å². The Hall–Kier alpha value is -2.95. The van der Waals surface area contributed by atoms with Crippen molar-refractivity contribution in [1.82, 2.24) is 14.3 Å². The molecule has 8 nitrogen and oxygen atoms in total. The fourth-order valence-electron chi connectivity index (χ4n) is 4.29. The molecule has 5 rings (SSSR count). The first kappa shape index (κ1) is 22.8. The standard InChI is InChI=1S/C24H24N4O4S2/c1-14-6-7-20-25-21(26-11-15(2)32-16(3)12-26)18(22(29)27(20)10-14)9-19-23(30)28(24(33)34-19)13-17-5-4-8-31-17/h4-10,15-16H,11-13H2,1-3H3/b19-9-/t15-,16-/m0/s1. The molecular weight excluding hydrogens is 472 g/mol. The molecule has 5 heterocycles. The zero-order valence-electron chi connectivity index (χ0n) is 19.1. The summed E-state index contributed by atoms with van der Waals surface area (Å²) >= 11 is 6.64. The molecule has 10 heteroatoms. The van der Waals surface area contributed by atoms with Crippen LogP contribution in [0.15, 0.2) is 50.8 Å². The summed E-state index contributed by atoms with van der Waals surface area (Å²) in [7, 11) is 0. The van der Waals surface area contributed by atoms with E-state index in [1.165, 1.54) is 21.1 Å². The van der Waals surface area contributed by atoms with Gasteiger partial charge < -0.3 is 14.1 Å². The molecule has 3 aromatic rings. The summed E-state index contributed by atoms with van der Waals surface area (Å²) in [6, 6.07) is 7.32. The molecule has 1 amide bonds. The number of aromatic nitrogens is 2. The number of hydrogen-bond acceptors (Lipinski definition) is 8. The second-order valence-electron chi connectivity index (χ2n) is 8.60. The van der Waals surface area contributed by atoms with E-state index >= 15 is 0 Å². The fraction of sp³-hybridized carbons (Fsp3) is 0.333. The number of furan rings is 1. The lowest BCUT2D eigenvalue weighted by Crippen LogP contribution is -2.46. The predicted molar refractivity (Wildman–Crippen MR) is 136 cm³/mol. The molecule has 2 atom stereocenters. The Kier molecular flexibility index (Phi) is 6.05. The van der Waals surface area contributed by atoms with Crippen LogP contribution in [0.25, 0.3) is 11.7 Å². The van der Waals surface area contributed by atoms with Gasteiger partial charge in [0.1, 0.15) is 21.5 Å². The van der Waals surface area contributed by atoms with Crippen LogP contribution in [-0.4, -0.2) is 49.8 Å². The van der Waals surface area contributed by atoms with E-state index in [0.29, 0.717) is 45.1 Å². The molecule has 3 aromatic heterocycles. The summed E-state index contributed by atoms with van der Waals surface area (Å²) < 4.78 is 13.2. The third-order valence-electron chi connectivity index (χ3n) is 5.75. The number of rotatable bonds is 4. The van der Waals surface area contributed by atoms with Crippen LogP contribution < -0.4 is 10.5 Å². The fourth-order valence-corrected chi connectivity index (χ4v) is 5.53. The number of aryl methyl sites for hydroxylation is 1. The van der Waals surface area contributed by atoms with Crippen molar-refractivity contribution in [3.05, 3.63) is 68.9 Å². The highest BCUT2D eigenvalue weighted by Crippen LogP contribution is 2.35. The van der Waals surface area contributed by atoms with Gasteiger partial charge in [0.2, 0.25) is 0 Å². The van der Waals surface area contributed by atoms with E-state index in [2.05, 4.69) is 4.90 Å². The van der Waals surface area contributed by atoms with Gasteiger partial charge in [-0.2, -0.15) is 0 Å². The van der Waals surface area contributed by atoms with E-state index in [1.807, 2.05) is 32.9 Å². The second kappa shape index (κ2) is 9.01. The molecule has 0 N–H and O–H groups in total. The average Bonchev–Trinajstić information content (AvgIpc) is 3.39. The van der Waals surface area contributed by atoms with Crippen molar-refractivity contribution in [3.8, 4) is 0 Å². The number of thioether (sulfide) groups is 1. The Morgan fingerprint density at radius 2 is 1.97 bits per heavy atom. The first-order valence-corrected chi connectivity index (χ1v) is 12.2.